The Morgan fingerprint density at radius 2 is 1.95 bits per heavy atom. The molecule has 2 N–H and O–H groups in total. The van der Waals surface area contributed by atoms with Crippen LogP contribution < -0.4 is 5.32 Å². The van der Waals surface area contributed by atoms with E-state index in [1.807, 2.05) is 12.1 Å². The summed E-state index contributed by atoms with van der Waals surface area (Å²) in [6.07, 6.45) is 1.87. The topological polar surface area (TPSA) is 66.4 Å². The molecule has 19 heavy (non-hydrogen) atoms. The van der Waals surface area contributed by atoms with E-state index in [2.05, 4.69) is 5.32 Å². The van der Waals surface area contributed by atoms with Crippen molar-refractivity contribution in [2.75, 3.05) is 5.75 Å². The van der Waals surface area contributed by atoms with Crippen molar-refractivity contribution in [3.8, 4) is 0 Å². The van der Waals surface area contributed by atoms with Gasteiger partial charge < -0.3 is 10.4 Å². The molecule has 1 aromatic carbocycles. The average Bonchev–Trinajstić information content (AvgIpc) is 2.32. The van der Waals surface area contributed by atoms with Crippen molar-refractivity contribution in [2.24, 2.45) is 0 Å². The molecule has 0 bridgehead atoms. The van der Waals surface area contributed by atoms with E-state index in [9.17, 15) is 9.59 Å². The molecule has 6 heteroatoms. The van der Waals surface area contributed by atoms with Gasteiger partial charge in [0.15, 0.2) is 0 Å². The van der Waals surface area contributed by atoms with E-state index in [1.165, 1.54) is 11.8 Å². The van der Waals surface area contributed by atoms with E-state index in [0.717, 1.165) is 11.3 Å². The van der Waals surface area contributed by atoms with Gasteiger partial charge in [-0.25, -0.2) is 4.79 Å². The summed E-state index contributed by atoms with van der Waals surface area (Å²) in [5.41, 5.74) is -1.03. The molecule has 1 aliphatic rings. The van der Waals surface area contributed by atoms with Gasteiger partial charge in [-0.05, 0) is 43.5 Å². The summed E-state index contributed by atoms with van der Waals surface area (Å²) in [5.74, 6) is -0.984. The van der Waals surface area contributed by atoms with Crippen molar-refractivity contribution in [1.82, 2.24) is 5.32 Å². The molecule has 0 unspecified atom stereocenters. The zero-order valence-corrected chi connectivity index (χ0v) is 11.8. The van der Waals surface area contributed by atoms with Crippen LogP contribution in [0.1, 0.15) is 19.3 Å². The number of aliphatic carboxylic acids is 1. The van der Waals surface area contributed by atoms with Crippen molar-refractivity contribution in [1.29, 1.82) is 0 Å². The average molecular weight is 300 g/mol. The van der Waals surface area contributed by atoms with E-state index in [4.69, 9.17) is 16.7 Å². The van der Waals surface area contributed by atoms with E-state index in [1.54, 1.807) is 12.1 Å². The number of thioether (sulfide) groups is 1. The minimum atomic E-state index is -1.03. The molecule has 0 heterocycles. The lowest BCUT2D eigenvalue weighted by atomic mass is 9.77. The maximum absolute atomic E-state index is 11.8. The molecule has 0 radical (unpaired) electrons. The highest BCUT2D eigenvalue weighted by Gasteiger charge is 2.45. The van der Waals surface area contributed by atoms with Gasteiger partial charge in [-0.3, -0.25) is 4.79 Å². The number of carbonyl (C=O) groups is 2. The van der Waals surface area contributed by atoms with Gasteiger partial charge in [-0.15, -0.1) is 11.8 Å². The van der Waals surface area contributed by atoms with Crippen molar-refractivity contribution < 1.29 is 14.7 Å². The predicted octanol–water partition coefficient (Wildman–Crippen LogP) is 2.56. The molecule has 0 atom stereocenters. The van der Waals surface area contributed by atoms with Crippen LogP contribution in [0.5, 0.6) is 0 Å². The number of rotatable bonds is 5. The number of benzene rings is 1. The van der Waals surface area contributed by atoms with Crippen LogP contribution in [0, 0.1) is 0 Å². The van der Waals surface area contributed by atoms with Gasteiger partial charge in [0.1, 0.15) is 5.54 Å². The fraction of sp³-hybridized carbons (Fsp3) is 0.385. The first kappa shape index (κ1) is 14.2. The van der Waals surface area contributed by atoms with E-state index >= 15 is 0 Å². The summed E-state index contributed by atoms with van der Waals surface area (Å²) in [7, 11) is 0. The molecule has 1 saturated carbocycles. The highest BCUT2D eigenvalue weighted by atomic mass is 35.5. The molecule has 0 saturated heterocycles. The summed E-state index contributed by atoms with van der Waals surface area (Å²) in [4.78, 5) is 23.8. The summed E-state index contributed by atoms with van der Waals surface area (Å²) >= 11 is 7.13. The van der Waals surface area contributed by atoms with Gasteiger partial charge in [0.05, 0.1) is 5.75 Å². The first-order valence-corrected chi connectivity index (χ1v) is 7.31. The van der Waals surface area contributed by atoms with Gasteiger partial charge in [-0.1, -0.05) is 11.6 Å². The standard InChI is InChI=1S/C13H14ClNO3S/c14-9-2-4-10(5-3-9)19-8-11(16)15-13(12(17)18)6-1-7-13/h2-5H,1,6-8H2,(H,15,16)(H,17,18). The Kier molecular flexibility index (Phi) is 4.37. The second-order valence-corrected chi connectivity index (χ2v) is 6.02. The van der Waals surface area contributed by atoms with Crippen LogP contribution in [0.2, 0.25) is 5.02 Å². The van der Waals surface area contributed by atoms with E-state index in [-0.39, 0.29) is 11.7 Å². The lowest BCUT2D eigenvalue weighted by Gasteiger charge is -2.38. The second kappa shape index (κ2) is 5.84. The molecule has 1 amide bonds. The van der Waals surface area contributed by atoms with Crippen molar-refractivity contribution in [2.45, 2.75) is 29.7 Å². The first-order chi connectivity index (χ1) is 9.02. The Morgan fingerprint density at radius 1 is 1.32 bits per heavy atom. The predicted molar refractivity (Wildman–Crippen MR) is 74.5 cm³/mol. The number of hydrogen-bond donors (Lipinski definition) is 2. The third kappa shape index (κ3) is 3.42. The number of halogens is 1. The van der Waals surface area contributed by atoms with Gasteiger partial charge in [-0.2, -0.15) is 0 Å². The Balaban J connectivity index is 1.85. The van der Waals surface area contributed by atoms with Crippen LogP contribution in [-0.4, -0.2) is 28.3 Å². The van der Waals surface area contributed by atoms with Gasteiger partial charge in [0.2, 0.25) is 5.91 Å². The number of carboxylic acid groups (broad SMARTS) is 1. The van der Waals surface area contributed by atoms with Gasteiger partial charge in [0.25, 0.3) is 0 Å². The van der Waals surface area contributed by atoms with Crippen LogP contribution in [0.15, 0.2) is 29.2 Å². The largest absolute Gasteiger partial charge is 0.480 e. The number of hydrogen-bond acceptors (Lipinski definition) is 3. The molecular weight excluding hydrogens is 286 g/mol. The van der Waals surface area contributed by atoms with Crippen LogP contribution in [0.25, 0.3) is 0 Å². The number of amides is 1. The monoisotopic (exact) mass is 299 g/mol. The molecule has 1 fully saturated rings. The molecule has 2 rings (SSSR count). The Bertz CT molecular complexity index is 485. The molecular formula is C13H14ClNO3S. The summed E-state index contributed by atoms with van der Waals surface area (Å²) in [5, 5.41) is 12.4. The molecule has 0 spiro atoms. The SMILES string of the molecule is O=C(CSc1ccc(Cl)cc1)NC1(C(=O)O)CCC1. The maximum Gasteiger partial charge on any atom is 0.329 e. The molecule has 102 valence electrons. The van der Waals surface area contributed by atoms with Crippen LogP contribution in [0.3, 0.4) is 0 Å². The normalized spacial score (nSPS) is 16.5. The van der Waals surface area contributed by atoms with Crippen molar-refractivity contribution in [3.05, 3.63) is 29.3 Å². The molecule has 4 nitrogen and oxygen atoms in total. The highest BCUT2D eigenvalue weighted by Crippen LogP contribution is 2.32. The third-order valence-electron chi connectivity index (χ3n) is 3.18. The molecule has 1 aliphatic carbocycles. The van der Waals surface area contributed by atoms with Crippen molar-refractivity contribution >= 4 is 35.2 Å². The number of carboxylic acids is 1. The highest BCUT2D eigenvalue weighted by molar-refractivity contribution is 8.00. The number of nitrogens with one attached hydrogen (secondary N) is 1. The Morgan fingerprint density at radius 3 is 2.42 bits per heavy atom. The zero-order chi connectivity index (χ0) is 13.9. The summed E-state index contributed by atoms with van der Waals surface area (Å²) in [6, 6.07) is 7.17. The van der Waals surface area contributed by atoms with Gasteiger partial charge >= 0.3 is 5.97 Å². The molecule has 0 aliphatic heterocycles. The Hall–Kier alpha value is -1.20. The zero-order valence-electron chi connectivity index (χ0n) is 10.2. The van der Waals surface area contributed by atoms with E-state index in [0.29, 0.717) is 17.9 Å². The first-order valence-electron chi connectivity index (χ1n) is 5.95. The number of carbonyl (C=O) groups excluding carboxylic acids is 1. The van der Waals surface area contributed by atoms with E-state index < -0.39 is 11.5 Å². The van der Waals surface area contributed by atoms with Crippen molar-refractivity contribution in [3.63, 3.8) is 0 Å². The smallest absolute Gasteiger partial charge is 0.329 e. The fourth-order valence-corrected chi connectivity index (χ4v) is 2.73. The van der Waals surface area contributed by atoms with Crippen LogP contribution in [-0.2, 0) is 9.59 Å². The maximum atomic E-state index is 11.8. The third-order valence-corrected chi connectivity index (χ3v) is 4.44. The second-order valence-electron chi connectivity index (χ2n) is 4.53. The lowest BCUT2D eigenvalue weighted by Crippen LogP contribution is -2.59. The molecule has 0 aromatic heterocycles. The molecule has 1 aromatic rings. The summed E-state index contributed by atoms with van der Waals surface area (Å²) < 4.78 is 0. The van der Waals surface area contributed by atoms with Gasteiger partial charge in [0, 0.05) is 9.92 Å². The minimum Gasteiger partial charge on any atom is -0.480 e. The lowest BCUT2D eigenvalue weighted by molar-refractivity contribution is -0.151. The van der Waals surface area contributed by atoms with Crippen LogP contribution >= 0.6 is 23.4 Å². The quantitative estimate of drug-likeness (QED) is 0.820. The Labute approximate surface area is 120 Å². The fourth-order valence-electron chi connectivity index (χ4n) is 1.91. The minimum absolute atomic E-state index is 0.205. The van der Waals surface area contributed by atoms with Crippen LogP contribution in [0.4, 0.5) is 0 Å². The summed E-state index contributed by atoms with van der Waals surface area (Å²) in [6.45, 7) is 0.